The fraction of sp³-hybridized carbons (Fsp3) is 0.192. The van der Waals surface area contributed by atoms with Gasteiger partial charge in [0.2, 0.25) is 5.85 Å². The summed E-state index contributed by atoms with van der Waals surface area (Å²) in [7, 11) is -2.26. The predicted molar refractivity (Wildman–Crippen MR) is 125 cm³/mol. The van der Waals surface area contributed by atoms with Crippen molar-refractivity contribution in [1.29, 1.82) is 0 Å². The van der Waals surface area contributed by atoms with Crippen LogP contribution in [-0.4, -0.2) is 11.8 Å². The molecule has 29 heavy (non-hydrogen) atoms. The minimum atomic E-state index is -2.26. The van der Waals surface area contributed by atoms with Gasteiger partial charge in [0.25, 0.3) is 0 Å². The standard InChI is InChI=1S/C26H28O2P/c1-4-14-25(28-26(27)21(2)3)29(22-15-8-5-9-16-22,23-17-10-6-11-18-23)24-19-12-7-13-20-24/h5-13,15-20,25H,2,4,14H2,1,3H3/q+1. The van der Waals surface area contributed by atoms with E-state index in [0.29, 0.717) is 5.57 Å². The van der Waals surface area contributed by atoms with Crippen molar-refractivity contribution in [3.63, 3.8) is 0 Å². The van der Waals surface area contributed by atoms with Gasteiger partial charge in [0.1, 0.15) is 15.9 Å². The van der Waals surface area contributed by atoms with Crippen LogP contribution in [0.5, 0.6) is 0 Å². The largest absolute Gasteiger partial charge is 0.423 e. The summed E-state index contributed by atoms with van der Waals surface area (Å²) in [5, 5.41) is 3.64. The van der Waals surface area contributed by atoms with E-state index in [9.17, 15) is 4.79 Å². The van der Waals surface area contributed by atoms with Crippen LogP contribution in [0.4, 0.5) is 0 Å². The summed E-state index contributed by atoms with van der Waals surface area (Å²) >= 11 is 0. The van der Waals surface area contributed by atoms with Gasteiger partial charge in [-0.15, -0.1) is 0 Å². The number of ether oxygens (including phenoxy) is 1. The lowest BCUT2D eigenvalue weighted by Crippen LogP contribution is -2.41. The highest BCUT2D eigenvalue weighted by Crippen LogP contribution is 2.61. The minimum Gasteiger partial charge on any atom is -0.423 e. The second-order valence-electron chi connectivity index (χ2n) is 7.16. The highest BCUT2D eigenvalue weighted by atomic mass is 31.2. The second kappa shape index (κ2) is 9.67. The summed E-state index contributed by atoms with van der Waals surface area (Å²) in [5.41, 5.74) is 0.429. The summed E-state index contributed by atoms with van der Waals surface area (Å²) < 4.78 is 6.19. The van der Waals surface area contributed by atoms with Crippen molar-refractivity contribution in [1.82, 2.24) is 0 Å². The first-order valence-electron chi connectivity index (χ1n) is 10.0. The Morgan fingerprint density at radius 2 is 1.21 bits per heavy atom. The van der Waals surface area contributed by atoms with Gasteiger partial charge in [-0.1, -0.05) is 68.1 Å². The Morgan fingerprint density at radius 1 is 0.828 bits per heavy atom. The SMILES string of the molecule is C=C(C)C(=O)OC(CCC)[P+](c1ccccc1)(c1ccccc1)c1ccccc1. The summed E-state index contributed by atoms with van der Waals surface area (Å²) in [6.07, 6.45) is 1.70. The van der Waals surface area contributed by atoms with Crippen molar-refractivity contribution in [3.05, 3.63) is 103 Å². The molecule has 0 fully saturated rings. The number of hydrogen-bond acceptors (Lipinski definition) is 2. The Labute approximate surface area is 174 Å². The van der Waals surface area contributed by atoms with Gasteiger partial charge in [0.05, 0.1) is 0 Å². The third-order valence-corrected chi connectivity index (χ3v) is 9.62. The number of carbonyl (C=O) groups is 1. The van der Waals surface area contributed by atoms with Gasteiger partial charge < -0.3 is 4.74 Å². The maximum Gasteiger partial charge on any atom is 0.336 e. The fourth-order valence-electron chi connectivity index (χ4n) is 3.74. The monoisotopic (exact) mass is 403 g/mol. The van der Waals surface area contributed by atoms with Gasteiger partial charge in [-0.25, -0.2) is 4.79 Å². The molecular formula is C26H28O2P+. The Morgan fingerprint density at radius 3 is 1.52 bits per heavy atom. The molecule has 0 aliphatic rings. The van der Waals surface area contributed by atoms with Crippen LogP contribution >= 0.6 is 7.26 Å². The van der Waals surface area contributed by atoms with E-state index in [1.54, 1.807) is 6.92 Å². The summed E-state index contributed by atoms with van der Waals surface area (Å²) in [4.78, 5) is 12.7. The molecular weight excluding hydrogens is 375 g/mol. The van der Waals surface area contributed by atoms with Crippen molar-refractivity contribution >= 4 is 29.1 Å². The van der Waals surface area contributed by atoms with Gasteiger partial charge in [0, 0.05) is 12.0 Å². The topological polar surface area (TPSA) is 26.3 Å². The number of rotatable bonds is 8. The third kappa shape index (κ3) is 4.33. The molecule has 0 amide bonds. The molecule has 0 aromatic heterocycles. The molecule has 0 N–H and O–H groups in total. The van der Waals surface area contributed by atoms with Crippen LogP contribution < -0.4 is 15.9 Å². The van der Waals surface area contributed by atoms with E-state index in [0.717, 1.165) is 12.8 Å². The van der Waals surface area contributed by atoms with Crippen molar-refractivity contribution in [2.24, 2.45) is 0 Å². The molecule has 3 aromatic carbocycles. The van der Waals surface area contributed by atoms with Crippen LogP contribution in [0.2, 0.25) is 0 Å². The lowest BCUT2D eigenvalue weighted by atomic mass is 10.3. The molecule has 0 aliphatic carbocycles. The van der Waals surface area contributed by atoms with Crippen LogP contribution in [0, 0.1) is 0 Å². The van der Waals surface area contributed by atoms with Crippen molar-refractivity contribution in [2.45, 2.75) is 32.5 Å². The maximum atomic E-state index is 12.7. The zero-order valence-corrected chi connectivity index (χ0v) is 18.0. The highest BCUT2D eigenvalue weighted by Gasteiger charge is 2.54. The zero-order valence-electron chi connectivity index (χ0n) is 17.1. The van der Waals surface area contributed by atoms with E-state index in [2.05, 4.69) is 86.3 Å². The van der Waals surface area contributed by atoms with E-state index in [1.807, 2.05) is 18.2 Å². The van der Waals surface area contributed by atoms with E-state index >= 15 is 0 Å². The molecule has 0 saturated heterocycles. The summed E-state index contributed by atoms with van der Waals surface area (Å²) in [6.45, 7) is 7.65. The molecule has 0 heterocycles. The van der Waals surface area contributed by atoms with Crippen LogP contribution in [0.15, 0.2) is 103 Å². The molecule has 0 spiro atoms. The second-order valence-corrected chi connectivity index (χ2v) is 10.7. The number of esters is 1. The molecule has 3 aromatic rings. The van der Waals surface area contributed by atoms with E-state index in [4.69, 9.17) is 4.74 Å². The van der Waals surface area contributed by atoms with Crippen LogP contribution in [0.3, 0.4) is 0 Å². The van der Waals surface area contributed by atoms with Crippen LogP contribution in [0.1, 0.15) is 26.7 Å². The summed E-state index contributed by atoms with van der Waals surface area (Å²) in [6, 6.07) is 31.5. The lowest BCUT2D eigenvalue weighted by Gasteiger charge is -2.34. The fourth-order valence-corrected chi connectivity index (χ4v) is 8.46. The molecule has 0 aliphatic heterocycles. The highest BCUT2D eigenvalue weighted by molar-refractivity contribution is 7.96. The van der Waals surface area contributed by atoms with Gasteiger partial charge >= 0.3 is 5.97 Å². The molecule has 2 nitrogen and oxygen atoms in total. The van der Waals surface area contributed by atoms with Gasteiger partial charge in [0.15, 0.2) is 7.26 Å². The van der Waals surface area contributed by atoms with E-state index < -0.39 is 7.26 Å². The molecule has 148 valence electrons. The minimum absolute atomic E-state index is 0.260. The molecule has 1 atom stereocenters. The Balaban J connectivity index is 2.34. The maximum absolute atomic E-state index is 12.7. The molecule has 0 saturated carbocycles. The van der Waals surface area contributed by atoms with Crippen LogP contribution in [-0.2, 0) is 9.53 Å². The van der Waals surface area contributed by atoms with Crippen molar-refractivity contribution < 1.29 is 9.53 Å². The molecule has 3 rings (SSSR count). The first-order valence-corrected chi connectivity index (χ1v) is 11.9. The normalized spacial score (nSPS) is 12.2. The Hall–Kier alpha value is -2.70. The first-order chi connectivity index (χ1) is 14.1. The van der Waals surface area contributed by atoms with E-state index in [1.165, 1.54) is 15.9 Å². The zero-order chi connectivity index (χ0) is 20.7. The van der Waals surface area contributed by atoms with Crippen molar-refractivity contribution in [2.75, 3.05) is 0 Å². The van der Waals surface area contributed by atoms with Gasteiger partial charge in [-0.05, 0) is 49.7 Å². The predicted octanol–water partition coefficient (Wildman–Crippen LogP) is 5.23. The number of carbonyl (C=O) groups excluding carboxylic acids is 1. The molecule has 0 bridgehead atoms. The average molecular weight is 403 g/mol. The smallest absolute Gasteiger partial charge is 0.336 e. The molecule has 0 radical (unpaired) electrons. The Bertz CT molecular complexity index is 840. The van der Waals surface area contributed by atoms with Crippen molar-refractivity contribution in [3.8, 4) is 0 Å². The van der Waals surface area contributed by atoms with Gasteiger partial charge in [-0.2, -0.15) is 0 Å². The Kier molecular flexibility index (Phi) is 7.01. The molecule has 1 unspecified atom stereocenters. The average Bonchev–Trinajstić information content (AvgIpc) is 2.76. The number of benzene rings is 3. The van der Waals surface area contributed by atoms with E-state index in [-0.39, 0.29) is 11.8 Å². The summed E-state index contributed by atoms with van der Waals surface area (Å²) in [5.74, 6) is -0.584. The lowest BCUT2D eigenvalue weighted by molar-refractivity contribution is -0.140. The van der Waals surface area contributed by atoms with Gasteiger partial charge in [-0.3, -0.25) is 0 Å². The quantitative estimate of drug-likeness (QED) is 0.293. The first kappa shape index (κ1) is 21.0. The molecule has 3 heteroatoms. The van der Waals surface area contributed by atoms with Crippen LogP contribution in [0.25, 0.3) is 0 Å². The third-order valence-electron chi connectivity index (χ3n) is 5.05. The number of hydrogen-bond donors (Lipinski definition) is 0.